The standard InChI is InChI=1S/C30H38F3N7O3/c1-18-5-6-20(14-34-18)29(43)11-9-22(10-12-29)39-16-21(17-39)36-25(41)15-35-26-23-13-19(30(31,32)33)7-8-24(23)40(38-26)27(42)37-28(2,3)4/h5-8,13-14,21-22,43H,9-12,15-17H2,1-4H3,(H,35,38)(H,36,41)(H,37,42). The smallest absolute Gasteiger partial charge is 0.385 e. The Morgan fingerprint density at radius 2 is 1.79 bits per heavy atom. The molecule has 3 aromatic rings. The number of amides is 2. The van der Waals surface area contributed by atoms with Crippen molar-refractivity contribution in [2.45, 2.75) is 82.8 Å². The number of anilines is 1. The number of benzene rings is 1. The van der Waals surface area contributed by atoms with Gasteiger partial charge in [-0.1, -0.05) is 6.07 Å². The lowest BCUT2D eigenvalue weighted by Gasteiger charge is -2.48. The van der Waals surface area contributed by atoms with Gasteiger partial charge in [0.15, 0.2) is 5.82 Å². The van der Waals surface area contributed by atoms with Crippen LogP contribution < -0.4 is 16.0 Å². The molecule has 13 heteroatoms. The third-order valence-corrected chi connectivity index (χ3v) is 8.12. The molecule has 0 radical (unpaired) electrons. The highest BCUT2D eigenvalue weighted by molar-refractivity contribution is 5.98. The van der Waals surface area contributed by atoms with Crippen molar-refractivity contribution in [3.63, 3.8) is 0 Å². The molecule has 5 rings (SSSR count). The summed E-state index contributed by atoms with van der Waals surface area (Å²) in [7, 11) is 0. The lowest BCUT2D eigenvalue weighted by atomic mass is 9.77. The molecule has 2 aliphatic rings. The molecular formula is C30H38F3N7O3. The second-order valence-electron chi connectivity index (χ2n) is 12.7. The van der Waals surface area contributed by atoms with Gasteiger partial charge in [-0.15, -0.1) is 5.10 Å². The van der Waals surface area contributed by atoms with Crippen LogP contribution in [0.5, 0.6) is 0 Å². The fourth-order valence-electron chi connectivity index (χ4n) is 5.78. The molecule has 232 valence electrons. The summed E-state index contributed by atoms with van der Waals surface area (Å²) >= 11 is 0. The van der Waals surface area contributed by atoms with Gasteiger partial charge in [-0.2, -0.15) is 17.9 Å². The average molecular weight is 602 g/mol. The first-order chi connectivity index (χ1) is 20.1. The second-order valence-corrected chi connectivity index (χ2v) is 12.7. The Labute approximate surface area is 248 Å². The lowest BCUT2D eigenvalue weighted by molar-refractivity contribution is -0.137. The van der Waals surface area contributed by atoms with Gasteiger partial charge in [0.1, 0.15) is 0 Å². The summed E-state index contributed by atoms with van der Waals surface area (Å²) in [6, 6.07) is 6.54. The maximum Gasteiger partial charge on any atom is 0.416 e. The van der Waals surface area contributed by atoms with Crippen molar-refractivity contribution in [3.8, 4) is 0 Å². The van der Waals surface area contributed by atoms with E-state index in [-0.39, 0.29) is 35.2 Å². The SMILES string of the molecule is Cc1ccc(C2(O)CCC(N3CC(NC(=O)CNc4nn(C(=O)NC(C)(C)C)c5ccc(C(F)(F)F)cc45)C3)CC2)cn1. The van der Waals surface area contributed by atoms with Crippen molar-refractivity contribution >= 4 is 28.7 Å². The zero-order valence-corrected chi connectivity index (χ0v) is 24.8. The quantitative estimate of drug-likeness (QED) is 0.335. The van der Waals surface area contributed by atoms with Gasteiger partial charge in [-0.3, -0.25) is 14.7 Å². The lowest BCUT2D eigenvalue weighted by Crippen LogP contribution is -2.63. The Bertz CT molecular complexity index is 1480. The molecule has 2 fully saturated rings. The number of halogens is 3. The highest BCUT2D eigenvalue weighted by Crippen LogP contribution is 2.39. The van der Waals surface area contributed by atoms with E-state index >= 15 is 0 Å². The minimum absolute atomic E-state index is 0.00835. The summed E-state index contributed by atoms with van der Waals surface area (Å²) in [5, 5.41) is 24.0. The number of aryl methyl sites for hydroxylation is 1. The van der Waals surface area contributed by atoms with Crippen LogP contribution in [-0.4, -0.2) is 74.0 Å². The number of carbonyl (C=O) groups excluding carboxylic acids is 2. The van der Waals surface area contributed by atoms with Gasteiger partial charge in [-0.25, -0.2) is 4.79 Å². The molecule has 3 heterocycles. The Balaban J connectivity index is 1.16. The van der Waals surface area contributed by atoms with Gasteiger partial charge in [0.25, 0.3) is 0 Å². The van der Waals surface area contributed by atoms with E-state index in [9.17, 15) is 27.9 Å². The van der Waals surface area contributed by atoms with Crippen LogP contribution in [0.2, 0.25) is 0 Å². The number of nitrogens with zero attached hydrogens (tertiary/aromatic N) is 4. The van der Waals surface area contributed by atoms with Crippen LogP contribution in [0.25, 0.3) is 10.9 Å². The van der Waals surface area contributed by atoms with E-state index in [4.69, 9.17) is 0 Å². The van der Waals surface area contributed by atoms with Crippen molar-refractivity contribution in [2.75, 3.05) is 25.0 Å². The van der Waals surface area contributed by atoms with Crippen molar-refractivity contribution in [1.29, 1.82) is 0 Å². The average Bonchev–Trinajstić information content (AvgIpc) is 3.27. The summed E-state index contributed by atoms with van der Waals surface area (Å²) in [5.74, 6) is -0.322. The number of pyridine rings is 1. The maximum atomic E-state index is 13.4. The van der Waals surface area contributed by atoms with Crippen molar-refractivity contribution in [2.24, 2.45) is 0 Å². The molecule has 4 N–H and O–H groups in total. The highest BCUT2D eigenvalue weighted by Gasteiger charge is 2.40. The van der Waals surface area contributed by atoms with E-state index in [1.165, 1.54) is 6.07 Å². The van der Waals surface area contributed by atoms with E-state index in [0.717, 1.165) is 40.9 Å². The molecule has 1 aromatic carbocycles. The zero-order chi connectivity index (χ0) is 31.2. The van der Waals surface area contributed by atoms with Crippen LogP contribution in [-0.2, 0) is 16.6 Å². The number of hydrogen-bond donors (Lipinski definition) is 4. The monoisotopic (exact) mass is 601 g/mol. The van der Waals surface area contributed by atoms with Gasteiger partial charge in [0.05, 0.1) is 29.3 Å². The molecule has 1 saturated heterocycles. The second kappa shape index (κ2) is 11.4. The Morgan fingerprint density at radius 3 is 2.40 bits per heavy atom. The molecule has 1 aliphatic carbocycles. The van der Waals surface area contributed by atoms with Crippen LogP contribution >= 0.6 is 0 Å². The number of rotatable bonds is 6. The van der Waals surface area contributed by atoms with Gasteiger partial charge in [0.2, 0.25) is 5.91 Å². The fourth-order valence-corrected chi connectivity index (χ4v) is 5.78. The van der Waals surface area contributed by atoms with Gasteiger partial charge in [-0.05, 0) is 77.6 Å². The van der Waals surface area contributed by atoms with Crippen LogP contribution in [0.4, 0.5) is 23.8 Å². The third-order valence-electron chi connectivity index (χ3n) is 8.12. The Hall–Kier alpha value is -3.71. The van der Waals surface area contributed by atoms with E-state index < -0.39 is 28.9 Å². The topological polar surface area (TPSA) is 124 Å². The van der Waals surface area contributed by atoms with Crippen LogP contribution in [0.1, 0.15) is 63.3 Å². The first-order valence-corrected chi connectivity index (χ1v) is 14.5. The van der Waals surface area contributed by atoms with Crippen molar-refractivity contribution in [1.82, 2.24) is 30.3 Å². The number of aromatic nitrogens is 3. The van der Waals surface area contributed by atoms with E-state index in [2.05, 4.69) is 30.9 Å². The molecule has 0 bridgehead atoms. The minimum atomic E-state index is -4.58. The van der Waals surface area contributed by atoms with Crippen molar-refractivity contribution in [3.05, 3.63) is 53.3 Å². The molecular weight excluding hydrogens is 563 g/mol. The molecule has 1 aliphatic heterocycles. The molecule has 0 spiro atoms. The predicted molar refractivity (Wildman–Crippen MR) is 156 cm³/mol. The van der Waals surface area contributed by atoms with E-state index in [1.807, 2.05) is 19.1 Å². The molecule has 0 atom stereocenters. The molecule has 43 heavy (non-hydrogen) atoms. The predicted octanol–water partition coefficient (Wildman–Crippen LogP) is 4.16. The largest absolute Gasteiger partial charge is 0.416 e. The number of hydrogen-bond acceptors (Lipinski definition) is 7. The molecule has 2 aromatic heterocycles. The minimum Gasteiger partial charge on any atom is -0.385 e. The van der Waals surface area contributed by atoms with Crippen LogP contribution in [0.3, 0.4) is 0 Å². The molecule has 2 amide bonds. The number of alkyl halides is 3. The van der Waals surface area contributed by atoms with E-state index in [0.29, 0.717) is 32.0 Å². The zero-order valence-electron chi connectivity index (χ0n) is 24.8. The fraction of sp³-hybridized carbons (Fsp3) is 0.533. The van der Waals surface area contributed by atoms with Gasteiger partial charge < -0.3 is 21.1 Å². The normalized spacial score (nSPS) is 21.8. The summed E-state index contributed by atoms with van der Waals surface area (Å²) in [6.45, 7) is 8.39. The highest BCUT2D eigenvalue weighted by atomic mass is 19.4. The van der Waals surface area contributed by atoms with Crippen LogP contribution in [0.15, 0.2) is 36.5 Å². The summed E-state index contributed by atoms with van der Waals surface area (Å²) < 4.78 is 41.3. The van der Waals surface area contributed by atoms with Gasteiger partial charge >= 0.3 is 12.2 Å². The number of nitrogens with one attached hydrogen (secondary N) is 3. The molecule has 10 nitrogen and oxygen atoms in total. The van der Waals surface area contributed by atoms with E-state index in [1.54, 1.807) is 27.0 Å². The van der Waals surface area contributed by atoms with Gasteiger partial charge in [0, 0.05) is 47.5 Å². The molecule has 0 unspecified atom stereocenters. The number of carbonyl (C=O) groups is 2. The summed E-state index contributed by atoms with van der Waals surface area (Å²) in [6.07, 6.45) is 0.135. The summed E-state index contributed by atoms with van der Waals surface area (Å²) in [5.41, 5.74) is -0.401. The first-order valence-electron chi connectivity index (χ1n) is 14.5. The third kappa shape index (κ3) is 6.93. The van der Waals surface area contributed by atoms with Crippen LogP contribution in [0, 0.1) is 6.92 Å². The number of likely N-dealkylation sites (tertiary alicyclic amines) is 1. The first kappa shape index (κ1) is 30.7. The number of fused-ring (bicyclic) bond motifs is 1. The van der Waals surface area contributed by atoms with Crippen molar-refractivity contribution < 1.29 is 27.9 Å². The summed E-state index contributed by atoms with van der Waals surface area (Å²) in [4.78, 5) is 32.2. The Kier molecular flexibility index (Phi) is 8.16. The Morgan fingerprint density at radius 1 is 1.09 bits per heavy atom. The maximum absolute atomic E-state index is 13.4. The molecule has 1 saturated carbocycles. The number of aliphatic hydroxyl groups is 1.